The topological polar surface area (TPSA) is 109 Å². The first-order valence-corrected chi connectivity index (χ1v) is 10.5. The first-order chi connectivity index (χ1) is 14.5. The molecule has 0 N–H and O–H groups in total. The number of ether oxygens (including phenoxy) is 1. The van der Waals surface area contributed by atoms with Gasteiger partial charge in [0.1, 0.15) is 0 Å². The Kier molecular flexibility index (Phi) is 5.47. The SMILES string of the molecule is O=[N+]([O-])c1ccc([Se]c2cc3cc(OCc4ccccc4)ccc3o2)c([N+](=O)[O-])c1. The van der Waals surface area contributed by atoms with Gasteiger partial charge >= 0.3 is 176 Å². The van der Waals surface area contributed by atoms with E-state index >= 15 is 0 Å². The van der Waals surface area contributed by atoms with Gasteiger partial charge in [0.2, 0.25) is 0 Å². The molecule has 30 heavy (non-hydrogen) atoms. The Morgan fingerprint density at radius 3 is 2.43 bits per heavy atom. The van der Waals surface area contributed by atoms with Gasteiger partial charge < -0.3 is 0 Å². The summed E-state index contributed by atoms with van der Waals surface area (Å²) in [5.74, 6) is 0.688. The van der Waals surface area contributed by atoms with Gasteiger partial charge in [0, 0.05) is 0 Å². The van der Waals surface area contributed by atoms with Crippen LogP contribution in [0.5, 0.6) is 5.75 Å². The number of hydrogen-bond donors (Lipinski definition) is 0. The van der Waals surface area contributed by atoms with Crippen LogP contribution in [0.2, 0.25) is 0 Å². The molecule has 0 aliphatic heterocycles. The third kappa shape index (κ3) is 4.32. The van der Waals surface area contributed by atoms with Gasteiger partial charge in [0.15, 0.2) is 0 Å². The van der Waals surface area contributed by atoms with Crippen molar-refractivity contribution in [1.82, 2.24) is 0 Å². The van der Waals surface area contributed by atoms with Gasteiger partial charge in [0.05, 0.1) is 0 Å². The van der Waals surface area contributed by atoms with Crippen molar-refractivity contribution in [2.45, 2.75) is 6.61 Å². The Labute approximate surface area is 176 Å². The molecule has 0 aliphatic carbocycles. The van der Waals surface area contributed by atoms with Crippen molar-refractivity contribution in [3.63, 3.8) is 0 Å². The second-order valence-corrected chi connectivity index (χ2v) is 8.50. The predicted molar refractivity (Wildman–Crippen MR) is 112 cm³/mol. The second-order valence-electron chi connectivity index (χ2n) is 6.31. The number of nitro groups is 2. The molecule has 3 aromatic carbocycles. The van der Waals surface area contributed by atoms with Crippen LogP contribution >= 0.6 is 0 Å². The number of rotatable bonds is 7. The number of furan rings is 1. The van der Waals surface area contributed by atoms with E-state index < -0.39 is 24.8 Å². The van der Waals surface area contributed by atoms with Gasteiger partial charge in [0.25, 0.3) is 0 Å². The molecule has 0 amide bonds. The Balaban J connectivity index is 1.55. The van der Waals surface area contributed by atoms with Crippen LogP contribution in [0.4, 0.5) is 11.4 Å². The predicted octanol–water partition coefficient (Wildman–Crippen LogP) is 3.48. The molecule has 0 unspecified atom stereocenters. The first kappa shape index (κ1) is 19.6. The zero-order valence-electron chi connectivity index (χ0n) is 15.4. The van der Waals surface area contributed by atoms with Crippen molar-refractivity contribution in [2.24, 2.45) is 0 Å². The fourth-order valence-electron chi connectivity index (χ4n) is 2.83. The monoisotopic (exact) mass is 470 g/mol. The molecule has 4 rings (SSSR count). The molecule has 8 nitrogen and oxygen atoms in total. The van der Waals surface area contributed by atoms with Crippen molar-refractivity contribution in [3.8, 4) is 5.75 Å². The van der Waals surface area contributed by atoms with Crippen LogP contribution in [-0.2, 0) is 6.61 Å². The van der Waals surface area contributed by atoms with Gasteiger partial charge in [-0.2, -0.15) is 0 Å². The van der Waals surface area contributed by atoms with Crippen molar-refractivity contribution in [3.05, 3.63) is 98.6 Å². The Hall–Kier alpha value is -3.68. The number of nitrogens with zero attached hydrogens (tertiary/aromatic N) is 2. The molecule has 0 saturated carbocycles. The van der Waals surface area contributed by atoms with Crippen LogP contribution in [-0.4, -0.2) is 24.8 Å². The van der Waals surface area contributed by atoms with Crippen molar-refractivity contribution in [2.75, 3.05) is 0 Å². The molecule has 0 spiro atoms. The fourth-order valence-corrected chi connectivity index (χ4v) is 4.74. The number of benzene rings is 3. The van der Waals surface area contributed by atoms with E-state index in [-0.39, 0.29) is 11.4 Å². The van der Waals surface area contributed by atoms with Crippen molar-refractivity contribution in [1.29, 1.82) is 0 Å². The zero-order valence-corrected chi connectivity index (χ0v) is 17.1. The molecule has 0 saturated heterocycles. The van der Waals surface area contributed by atoms with E-state index in [4.69, 9.17) is 9.15 Å². The third-order valence-corrected chi connectivity index (χ3v) is 6.30. The summed E-state index contributed by atoms with van der Waals surface area (Å²) in [6, 6.07) is 20.7. The fraction of sp³-hybridized carbons (Fsp3) is 0.0476. The molecule has 150 valence electrons. The van der Waals surface area contributed by atoms with E-state index in [0.717, 1.165) is 17.0 Å². The molecule has 0 atom stereocenters. The van der Waals surface area contributed by atoms with Crippen molar-refractivity contribution >= 4 is 46.4 Å². The maximum atomic E-state index is 11.3. The minimum atomic E-state index is -0.651. The van der Waals surface area contributed by atoms with E-state index in [1.54, 1.807) is 12.1 Å². The first-order valence-electron chi connectivity index (χ1n) is 8.80. The maximum absolute atomic E-state index is 11.3. The van der Waals surface area contributed by atoms with Crippen LogP contribution in [0.3, 0.4) is 0 Å². The molecule has 9 heteroatoms. The standard InChI is InChI=1S/C21H14N2O6Se/c24-22(25)16-6-9-20(18(12-16)23(26)27)30-21-11-15-10-17(7-8-19(15)29-21)28-13-14-4-2-1-3-5-14/h1-12H,13H2. The van der Waals surface area contributed by atoms with E-state index in [0.29, 0.717) is 27.1 Å². The molecule has 0 aliphatic rings. The number of non-ortho nitro benzene ring substituents is 1. The molecule has 0 radical (unpaired) electrons. The molecule has 0 bridgehead atoms. The summed E-state index contributed by atoms with van der Waals surface area (Å²) in [6.07, 6.45) is 0. The summed E-state index contributed by atoms with van der Waals surface area (Å²) < 4.78 is 12.6. The quantitative estimate of drug-likeness (QED) is 0.233. The average molecular weight is 469 g/mol. The number of fused-ring (bicyclic) bond motifs is 1. The van der Waals surface area contributed by atoms with E-state index in [1.165, 1.54) is 12.1 Å². The Morgan fingerprint density at radius 1 is 0.900 bits per heavy atom. The van der Waals surface area contributed by atoms with Crippen LogP contribution < -0.4 is 13.9 Å². The van der Waals surface area contributed by atoms with Gasteiger partial charge in [-0.3, -0.25) is 0 Å². The molecular weight excluding hydrogens is 455 g/mol. The molecule has 0 fully saturated rings. The Bertz CT molecular complexity index is 1240. The van der Waals surface area contributed by atoms with Gasteiger partial charge in [-0.15, -0.1) is 0 Å². The van der Waals surface area contributed by atoms with Crippen LogP contribution in [0.25, 0.3) is 11.0 Å². The summed E-state index contributed by atoms with van der Waals surface area (Å²) in [6.45, 7) is 0.440. The molecule has 1 aromatic heterocycles. The average Bonchev–Trinajstić information content (AvgIpc) is 3.14. The van der Waals surface area contributed by atoms with E-state index in [1.807, 2.05) is 42.5 Å². The van der Waals surface area contributed by atoms with E-state index in [2.05, 4.69) is 0 Å². The molecular formula is C21H14N2O6Se. The van der Waals surface area contributed by atoms with Gasteiger partial charge in [-0.25, -0.2) is 0 Å². The summed E-state index contributed by atoms with van der Waals surface area (Å²) in [5.41, 5.74) is 1.10. The third-order valence-electron chi connectivity index (χ3n) is 4.27. The minimum absolute atomic E-state index is 0.281. The van der Waals surface area contributed by atoms with Crippen LogP contribution in [0.15, 0.2) is 77.2 Å². The van der Waals surface area contributed by atoms with Crippen molar-refractivity contribution < 1.29 is 19.0 Å². The normalized spacial score (nSPS) is 10.8. The number of nitro benzene ring substituents is 2. The summed E-state index contributed by atoms with van der Waals surface area (Å²) in [4.78, 5) is 21.0. The van der Waals surface area contributed by atoms with E-state index in [9.17, 15) is 20.2 Å². The second kappa shape index (κ2) is 8.36. The Morgan fingerprint density at radius 2 is 1.70 bits per heavy atom. The summed E-state index contributed by atoms with van der Waals surface area (Å²) in [5, 5.41) is 23.1. The van der Waals surface area contributed by atoms with Gasteiger partial charge in [-0.05, 0) is 0 Å². The summed E-state index contributed by atoms with van der Waals surface area (Å²) >= 11 is -0.526. The zero-order chi connectivity index (χ0) is 21.1. The number of hydrogen-bond acceptors (Lipinski definition) is 6. The van der Waals surface area contributed by atoms with Gasteiger partial charge in [-0.1, -0.05) is 0 Å². The van der Waals surface area contributed by atoms with Crippen LogP contribution in [0.1, 0.15) is 5.56 Å². The molecule has 1 heterocycles. The van der Waals surface area contributed by atoms with Crippen LogP contribution in [0, 0.1) is 20.2 Å². The summed E-state index contributed by atoms with van der Waals surface area (Å²) in [7, 11) is 0. The molecule has 4 aromatic rings.